The summed E-state index contributed by atoms with van der Waals surface area (Å²) in [4.78, 5) is 12.8. The van der Waals surface area contributed by atoms with E-state index in [-0.39, 0.29) is 10.8 Å². The van der Waals surface area contributed by atoms with Gasteiger partial charge >= 0.3 is 0 Å². The summed E-state index contributed by atoms with van der Waals surface area (Å²) >= 11 is 0. The fourth-order valence-electron chi connectivity index (χ4n) is 3.45. The second-order valence-electron chi connectivity index (χ2n) is 7.38. The summed E-state index contributed by atoms with van der Waals surface area (Å²) in [6.45, 7) is 3.03. The van der Waals surface area contributed by atoms with Gasteiger partial charge in [-0.1, -0.05) is 13.3 Å². The lowest BCUT2D eigenvalue weighted by Gasteiger charge is -2.25. The Kier molecular flexibility index (Phi) is 6.15. The van der Waals surface area contributed by atoms with Crippen LogP contribution in [0.5, 0.6) is 0 Å². The molecule has 162 valence electrons. The van der Waals surface area contributed by atoms with E-state index in [4.69, 9.17) is 4.42 Å². The molecule has 1 saturated heterocycles. The van der Waals surface area contributed by atoms with Crippen LogP contribution >= 0.6 is 0 Å². The van der Waals surface area contributed by atoms with E-state index >= 15 is 0 Å². The summed E-state index contributed by atoms with van der Waals surface area (Å²) in [6, 6.07) is 13.1. The van der Waals surface area contributed by atoms with Crippen LogP contribution in [0.25, 0.3) is 11.5 Å². The number of carbonyl (C=O) groups excluding carboxylic acids is 1. The predicted molar refractivity (Wildman–Crippen MR) is 116 cm³/mol. The monoisotopic (exact) mass is 440 g/mol. The van der Waals surface area contributed by atoms with Crippen molar-refractivity contribution < 1.29 is 17.6 Å². The second kappa shape index (κ2) is 8.99. The Morgan fingerprint density at radius 1 is 1.00 bits per heavy atom. The molecule has 0 spiro atoms. The first kappa shape index (κ1) is 21.2. The number of hydrogen-bond acceptors (Lipinski definition) is 6. The Morgan fingerprint density at radius 3 is 2.29 bits per heavy atom. The highest BCUT2D eigenvalue weighted by atomic mass is 32.2. The zero-order chi connectivity index (χ0) is 21.8. The molecule has 0 radical (unpaired) electrons. The predicted octanol–water partition coefficient (Wildman–Crippen LogP) is 3.73. The lowest BCUT2D eigenvalue weighted by Crippen LogP contribution is -2.35. The van der Waals surface area contributed by atoms with Crippen molar-refractivity contribution >= 4 is 21.6 Å². The number of amides is 1. The summed E-state index contributed by atoms with van der Waals surface area (Å²) in [7, 11) is -3.51. The van der Waals surface area contributed by atoms with Crippen LogP contribution < -0.4 is 5.32 Å². The number of nitrogens with one attached hydrogen (secondary N) is 1. The molecule has 2 aromatic carbocycles. The van der Waals surface area contributed by atoms with Crippen molar-refractivity contribution in [2.24, 2.45) is 0 Å². The zero-order valence-electron chi connectivity index (χ0n) is 17.2. The molecule has 4 rings (SSSR count). The number of hydrogen-bond donors (Lipinski definition) is 1. The van der Waals surface area contributed by atoms with E-state index in [2.05, 4.69) is 15.5 Å². The molecular weight excluding hydrogens is 416 g/mol. The van der Waals surface area contributed by atoms with Gasteiger partial charge in [0.25, 0.3) is 5.91 Å². The van der Waals surface area contributed by atoms with Gasteiger partial charge in [0, 0.05) is 36.3 Å². The van der Waals surface area contributed by atoms with Crippen LogP contribution in [0.2, 0.25) is 0 Å². The van der Waals surface area contributed by atoms with Gasteiger partial charge in [-0.15, -0.1) is 10.2 Å². The van der Waals surface area contributed by atoms with Crippen molar-refractivity contribution in [3.63, 3.8) is 0 Å². The Balaban J connectivity index is 1.42. The highest BCUT2D eigenvalue weighted by Gasteiger charge is 2.25. The Morgan fingerprint density at radius 2 is 1.68 bits per heavy atom. The maximum atomic E-state index is 12.7. The third-order valence-corrected chi connectivity index (χ3v) is 7.14. The first-order valence-electron chi connectivity index (χ1n) is 10.3. The lowest BCUT2D eigenvalue weighted by atomic mass is 10.2. The van der Waals surface area contributed by atoms with Gasteiger partial charge in [-0.25, -0.2) is 8.42 Å². The van der Waals surface area contributed by atoms with Crippen molar-refractivity contribution in [3.05, 3.63) is 60.0 Å². The van der Waals surface area contributed by atoms with Crippen molar-refractivity contribution in [2.75, 3.05) is 18.4 Å². The van der Waals surface area contributed by atoms with Gasteiger partial charge in [0.05, 0.1) is 4.90 Å². The molecule has 31 heavy (non-hydrogen) atoms. The van der Waals surface area contributed by atoms with Gasteiger partial charge in [0.15, 0.2) is 0 Å². The number of rotatable bonds is 6. The molecule has 0 saturated carbocycles. The Hall–Kier alpha value is -3.04. The van der Waals surface area contributed by atoms with E-state index in [1.165, 1.54) is 28.6 Å². The van der Waals surface area contributed by atoms with Crippen LogP contribution in [0.15, 0.2) is 57.8 Å². The van der Waals surface area contributed by atoms with Crippen LogP contribution in [0.1, 0.15) is 42.4 Å². The maximum Gasteiger partial charge on any atom is 0.255 e. The highest BCUT2D eigenvalue weighted by molar-refractivity contribution is 7.89. The average Bonchev–Trinajstić information content (AvgIpc) is 3.29. The minimum atomic E-state index is -3.51. The third kappa shape index (κ3) is 4.67. The van der Waals surface area contributed by atoms with E-state index in [9.17, 15) is 13.2 Å². The number of sulfonamides is 1. The minimum Gasteiger partial charge on any atom is -0.421 e. The number of aryl methyl sites for hydroxylation is 1. The van der Waals surface area contributed by atoms with Gasteiger partial charge in [0.1, 0.15) is 0 Å². The first-order valence-corrected chi connectivity index (χ1v) is 11.8. The van der Waals surface area contributed by atoms with Gasteiger partial charge in [-0.2, -0.15) is 4.31 Å². The van der Waals surface area contributed by atoms with Crippen LogP contribution in [0.4, 0.5) is 5.69 Å². The van der Waals surface area contributed by atoms with Crippen LogP contribution in [-0.4, -0.2) is 41.9 Å². The molecule has 3 aromatic rings. The Bertz CT molecular complexity index is 1150. The van der Waals surface area contributed by atoms with Crippen LogP contribution in [-0.2, 0) is 16.4 Å². The molecule has 8 nitrogen and oxygen atoms in total. The van der Waals surface area contributed by atoms with Gasteiger partial charge < -0.3 is 9.73 Å². The maximum absolute atomic E-state index is 12.7. The van der Waals surface area contributed by atoms with E-state index < -0.39 is 10.0 Å². The molecular formula is C22H24N4O4S. The van der Waals surface area contributed by atoms with E-state index in [1.807, 2.05) is 6.92 Å². The molecule has 0 aliphatic carbocycles. The number of benzene rings is 2. The average molecular weight is 441 g/mol. The third-order valence-electron chi connectivity index (χ3n) is 5.23. The van der Waals surface area contributed by atoms with Crippen molar-refractivity contribution in [3.8, 4) is 11.5 Å². The summed E-state index contributed by atoms with van der Waals surface area (Å²) in [5, 5.41) is 10.8. The Labute approximate surface area is 181 Å². The largest absolute Gasteiger partial charge is 0.421 e. The topological polar surface area (TPSA) is 105 Å². The normalized spacial score (nSPS) is 15.0. The van der Waals surface area contributed by atoms with Crippen molar-refractivity contribution in [2.45, 2.75) is 37.5 Å². The summed E-state index contributed by atoms with van der Waals surface area (Å²) in [5.74, 6) is 0.680. The van der Waals surface area contributed by atoms with Crippen molar-refractivity contribution in [1.82, 2.24) is 14.5 Å². The fourth-order valence-corrected chi connectivity index (χ4v) is 4.96. The summed E-state index contributed by atoms with van der Waals surface area (Å²) < 4.78 is 32.5. The number of piperidine rings is 1. The lowest BCUT2D eigenvalue weighted by molar-refractivity contribution is 0.102. The highest BCUT2D eigenvalue weighted by Crippen LogP contribution is 2.23. The zero-order valence-corrected chi connectivity index (χ0v) is 18.1. The van der Waals surface area contributed by atoms with Crippen LogP contribution in [0.3, 0.4) is 0 Å². The SMILES string of the molecule is CCc1nnc(-c2ccc(NC(=O)c3ccc(S(=O)(=O)N4CCCCC4)cc3)cc2)o1. The first-order chi connectivity index (χ1) is 15.0. The second-order valence-corrected chi connectivity index (χ2v) is 9.31. The molecule has 0 atom stereocenters. The molecule has 1 fully saturated rings. The molecule has 1 amide bonds. The van der Waals surface area contributed by atoms with Crippen molar-refractivity contribution in [1.29, 1.82) is 0 Å². The molecule has 1 aliphatic rings. The molecule has 0 unspecified atom stereocenters. The minimum absolute atomic E-state index is 0.210. The van der Waals surface area contributed by atoms with E-state index in [1.54, 1.807) is 24.3 Å². The molecule has 0 bridgehead atoms. The molecule has 1 aliphatic heterocycles. The fraction of sp³-hybridized carbons (Fsp3) is 0.318. The molecule has 1 aromatic heterocycles. The molecule has 1 N–H and O–H groups in total. The van der Waals surface area contributed by atoms with Gasteiger partial charge in [0.2, 0.25) is 21.8 Å². The number of aromatic nitrogens is 2. The van der Waals surface area contributed by atoms with Crippen LogP contribution in [0, 0.1) is 0 Å². The molecule has 9 heteroatoms. The summed E-state index contributed by atoms with van der Waals surface area (Å²) in [6.07, 6.45) is 3.48. The van der Waals surface area contributed by atoms with E-state index in [0.717, 1.165) is 24.8 Å². The standard InChI is InChI=1S/C22H24N4O4S/c1-2-20-24-25-22(30-20)17-6-10-18(11-7-17)23-21(27)16-8-12-19(13-9-16)31(28,29)26-14-4-3-5-15-26/h6-13H,2-5,14-15H2,1H3,(H,23,27). The van der Waals surface area contributed by atoms with Gasteiger partial charge in [-0.05, 0) is 61.4 Å². The molecule has 2 heterocycles. The number of nitrogens with zero attached hydrogens (tertiary/aromatic N) is 3. The number of carbonyl (C=O) groups is 1. The number of anilines is 1. The van der Waals surface area contributed by atoms with E-state index in [0.29, 0.717) is 42.5 Å². The quantitative estimate of drug-likeness (QED) is 0.626. The summed E-state index contributed by atoms with van der Waals surface area (Å²) in [5.41, 5.74) is 1.75. The smallest absolute Gasteiger partial charge is 0.255 e. The van der Waals surface area contributed by atoms with Gasteiger partial charge in [-0.3, -0.25) is 4.79 Å².